The molecule has 0 heterocycles. The van der Waals surface area contributed by atoms with Crippen molar-refractivity contribution in [1.82, 2.24) is 5.32 Å². The SMILES string of the molecule is Cc1ccc(CNC(=O)CN(c2ccc(F)cc2)S(C)(=O)=O)cc1. The van der Waals surface area contributed by atoms with Crippen molar-refractivity contribution in [1.29, 1.82) is 0 Å². The summed E-state index contributed by atoms with van der Waals surface area (Å²) in [4.78, 5) is 12.1. The van der Waals surface area contributed by atoms with Gasteiger partial charge in [-0.1, -0.05) is 29.8 Å². The molecule has 2 rings (SSSR count). The molecule has 2 aromatic carbocycles. The summed E-state index contributed by atoms with van der Waals surface area (Å²) in [6.45, 7) is 1.91. The average molecular weight is 350 g/mol. The van der Waals surface area contributed by atoms with Crippen LogP contribution in [-0.4, -0.2) is 27.1 Å². The van der Waals surface area contributed by atoms with E-state index in [-0.39, 0.29) is 12.2 Å². The molecule has 0 aromatic heterocycles. The quantitative estimate of drug-likeness (QED) is 0.869. The molecule has 2 aromatic rings. The topological polar surface area (TPSA) is 66.5 Å². The Morgan fingerprint density at radius 1 is 1.08 bits per heavy atom. The van der Waals surface area contributed by atoms with Crippen molar-refractivity contribution >= 4 is 21.6 Å². The van der Waals surface area contributed by atoms with Gasteiger partial charge in [-0.3, -0.25) is 9.10 Å². The highest BCUT2D eigenvalue weighted by atomic mass is 32.2. The van der Waals surface area contributed by atoms with Crippen LogP contribution >= 0.6 is 0 Å². The predicted molar refractivity (Wildman–Crippen MR) is 91.6 cm³/mol. The van der Waals surface area contributed by atoms with Gasteiger partial charge in [-0.25, -0.2) is 12.8 Å². The van der Waals surface area contributed by atoms with Crippen LogP contribution in [0.2, 0.25) is 0 Å². The minimum atomic E-state index is -3.66. The Kier molecular flexibility index (Phi) is 5.56. The predicted octanol–water partition coefficient (Wildman–Crippen LogP) is 2.22. The van der Waals surface area contributed by atoms with Crippen LogP contribution in [0, 0.1) is 12.7 Å². The summed E-state index contributed by atoms with van der Waals surface area (Å²) in [5, 5.41) is 2.68. The molecular formula is C17H19FN2O3S. The van der Waals surface area contributed by atoms with Crippen LogP contribution in [0.5, 0.6) is 0 Å². The fraction of sp³-hybridized carbons (Fsp3) is 0.235. The lowest BCUT2D eigenvalue weighted by Crippen LogP contribution is -2.40. The van der Waals surface area contributed by atoms with Crippen molar-refractivity contribution in [2.75, 3.05) is 17.1 Å². The number of aryl methyl sites for hydroxylation is 1. The molecule has 24 heavy (non-hydrogen) atoms. The molecule has 0 unspecified atom stereocenters. The van der Waals surface area contributed by atoms with E-state index in [2.05, 4.69) is 5.32 Å². The number of nitrogens with one attached hydrogen (secondary N) is 1. The van der Waals surface area contributed by atoms with E-state index in [1.54, 1.807) is 0 Å². The van der Waals surface area contributed by atoms with E-state index in [4.69, 9.17) is 0 Å². The Morgan fingerprint density at radius 2 is 1.67 bits per heavy atom. The van der Waals surface area contributed by atoms with Crippen molar-refractivity contribution in [3.8, 4) is 0 Å². The number of rotatable bonds is 6. The molecule has 0 saturated carbocycles. The Labute approximate surface area is 141 Å². The smallest absolute Gasteiger partial charge is 0.241 e. The van der Waals surface area contributed by atoms with Crippen LogP contribution in [0.15, 0.2) is 48.5 Å². The number of halogens is 1. The largest absolute Gasteiger partial charge is 0.350 e. The fourth-order valence-corrected chi connectivity index (χ4v) is 2.96. The monoisotopic (exact) mass is 350 g/mol. The molecule has 0 aliphatic rings. The fourth-order valence-electron chi connectivity index (χ4n) is 2.10. The Balaban J connectivity index is 2.05. The van der Waals surface area contributed by atoms with Crippen LogP contribution in [0.1, 0.15) is 11.1 Å². The van der Waals surface area contributed by atoms with Crippen LogP contribution in [0.3, 0.4) is 0 Å². The van der Waals surface area contributed by atoms with E-state index in [1.165, 1.54) is 12.1 Å². The number of carbonyl (C=O) groups is 1. The van der Waals surface area contributed by atoms with Gasteiger partial charge in [0.2, 0.25) is 15.9 Å². The average Bonchev–Trinajstić information content (AvgIpc) is 2.52. The zero-order valence-corrected chi connectivity index (χ0v) is 14.3. The normalized spacial score (nSPS) is 11.1. The molecule has 0 aliphatic heterocycles. The maximum Gasteiger partial charge on any atom is 0.241 e. The lowest BCUT2D eigenvalue weighted by Gasteiger charge is -2.21. The standard InChI is InChI=1S/C17H19FN2O3S/c1-13-3-5-14(6-4-13)11-19-17(21)12-20(24(2,22)23)16-9-7-15(18)8-10-16/h3-10H,11-12H2,1-2H3,(H,19,21). The zero-order valence-electron chi connectivity index (χ0n) is 13.5. The van der Waals surface area contributed by atoms with E-state index >= 15 is 0 Å². The first-order valence-electron chi connectivity index (χ1n) is 7.31. The molecular weight excluding hydrogens is 331 g/mol. The molecule has 0 atom stereocenters. The van der Waals surface area contributed by atoms with E-state index in [0.717, 1.165) is 33.8 Å². The third-order valence-electron chi connectivity index (χ3n) is 3.41. The Hall–Kier alpha value is -2.41. The van der Waals surface area contributed by atoms with E-state index in [1.807, 2.05) is 31.2 Å². The Bertz CT molecular complexity index is 803. The maximum absolute atomic E-state index is 13.0. The molecule has 7 heteroatoms. The van der Waals surface area contributed by atoms with Gasteiger partial charge in [0.15, 0.2) is 0 Å². The highest BCUT2D eigenvalue weighted by molar-refractivity contribution is 7.92. The highest BCUT2D eigenvalue weighted by Gasteiger charge is 2.20. The minimum Gasteiger partial charge on any atom is -0.350 e. The molecule has 0 spiro atoms. The molecule has 0 bridgehead atoms. The van der Waals surface area contributed by atoms with Crippen LogP contribution in [-0.2, 0) is 21.4 Å². The van der Waals surface area contributed by atoms with E-state index in [0.29, 0.717) is 6.54 Å². The van der Waals surface area contributed by atoms with Crippen molar-refractivity contribution < 1.29 is 17.6 Å². The number of carbonyl (C=O) groups excluding carboxylic acids is 1. The Morgan fingerprint density at radius 3 is 2.21 bits per heavy atom. The second kappa shape index (κ2) is 7.44. The van der Waals surface area contributed by atoms with E-state index < -0.39 is 21.7 Å². The van der Waals surface area contributed by atoms with Gasteiger partial charge >= 0.3 is 0 Å². The van der Waals surface area contributed by atoms with Gasteiger partial charge in [0.25, 0.3) is 0 Å². The molecule has 0 aliphatic carbocycles. The maximum atomic E-state index is 13.0. The van der Waals surface area contributed by atoms with Gasteiger partial charge in [-0.2, -0.15) is 0 Å². The number of amides is 1. The number of hydrogen-bond donors (Lipinski definition) is 1. The first-order chi connectivity index (χ1) is 11.3. The van der Waals surface area contributed by atoms with Gasteiger partial charge < -0.3 is 5.32 Å². The number of benzene rings is 2. The lowest BCUT2D eigenvalue weighted by molar-refractivity contribution is -0.119. The third-order valence-corrected chi connectivity index (χ3v) is 4.55. The molecule has 1 amide bonds. The van der Waals surface area contributed by atoms with Crippen molar-refractivity contribution in [3.05, 3.63) is 65.5 Å². The third kappa shape index (κ3) is 5.06. The van der Waals surface area contributed by atoms with Crippen LogP contribution < -0.4 is 9.62 Å². The number of anilines is 1. The van der Waals surface area contributed by atoms with Crippen LogP contribution in [0.25, 0.3) is 0 Å². The summed E-state index contributed by atoms with van der Waals surface area (Å²) in [6, 6.07) is 12.6. The lowest BCUT2D eigenvalue weighted by atomic mass is 10.1. The molecule has 0 saturated heterocycles. The summed E-state index contributed by atoms with van der Waals surface area (Å²) < 4.78 is 37.8. The van der Waals surface area contributed by atoms with Crippen molar-refractivity contribution in [2.45, 2.75) is 13.5 Å². The summed E-state index contributed by atoms with van der Waals surface area (Å²) in [6.07, 6.45) is 1.00. The molecule has 0 radical (unpaired) electrons. The zero-order chi connectivity index (χ0) is 17.7. The molecule has 0 fully saturated rings. The summed E-state index contributed by atoms with van der Waals surface area (Å²) in [7, 11) is -3.66. The second-order valence-corrected chi connectivity index (χ2v) is 7.42. The first-order valence-corrected chi connectivity index (χ1v) is 9.16. The van der Waals surface area contributed by atoms with Gasteiger partial charge in [0.1, 0.15) is 12.4 Å². The van der Waals surface area contributed by atoms with Crippen molar-refractivity contribution in [2.24, 2.45) is 0 Å². The summed E-state index contributed by atoms with van der Waals surface area (Å²) in [5.41, 5.74) is 2.27. The van der Waals surface area contributed by atoms with Crippen molar-refractivity contribution in [3.63, 3.8) is 0 Å². The number of hydrogen-bond acceptors (Lipinski definition) is 3. The molecule has 128 valence electrons. The highest BCUT2D eigenvalue weighted by Crippen LogP contribution is 2.17. The molecule has 5 nitrogen and oxygen atoms in total. The van der Waals surface area contributed by atoms with Gasteiger partial charge in [0, 0.05) is 6.54 Å². The second-order valence-electron chi connectivity index (χ2n) is 5.51. The van der Waals surface area contributed by atoms with Gasteiger partial charge in [-0.05, 0) is 36.8 Å². The number of sulfonamides is 1. The molecule has 1 N–H and O–H groups in total. The van der Waals surface area contributed by atoms with Gasteiger partial charge in [-0.15, -0.1) is 0 Å². The number of nitrogens with zero attached hydrogens (tertiary/aromatic N) is 1. The van der Waals surface area contributed by atoms with Crippen LogP contribution in [0.4, 0.5) is 10.1 Å². The van der Waals surface area contributed by atoms with Gasteiger partial charge in [0.05, 0.1) is 11.9 Å². The summed E-state index contributed by atoms with van der Waals surface area (Å²) in [5.74, 6) is -0.915. The van der Waals surface area contributed by atoms with E-state index in [9.17, 15) is 17.6 Å². The minimum absolute atomic E-state index is 0.240. The summed E-state index contributed by atoms with van der Waals surface area (Å²) >= 11 is 0. The first kappa shape index (κ1) is 17.9.